The maximum atomic E-state index is 12.2. The number of nitrogens with zero attached hydrogens (tertiary/aromatic N) is 1. The van der Waals surface area contributed by atoms with Crippen molar-refractivity contribution in [1.29, 1.82) is 0 Å². The van der Waals surface area contributed by atoms with Crippen LogP contribution < -0.4 is 25.0 Å². The van der Waals surface area contributed by atoms with Gasteiger partial charge in [-0.15, -0.1) is 0 Å². The molecule has 8 nitrogen and oxygen atoms in total. The SMILES string of the molecule is CCOc1ccc(/C=N/NC(=O)CNC(=O)c2ccc(OC)cc2OC)cc1. The number of carbonyl (C=O) groups excluding carboxylic acids is 2. The van der Waals surface area contributed by atoms with Crippen molar-refractivity contribution >= 4 is 18.0 Å². The van der Waals surface area contributed by atoms with Gasteiger partial charge < -0.3 is 19.5 Å². The summed E-state index contributed by atoms with van der Waals surface area (Å²) in [7, 11) is 2.97. The van der Waals surface area contributed by atoms with Crippen molar-refractivity contribution in [2.24, 2.45) is 5.10 Å². The van der Waals surface area contributed by atoms with Gasteiger partial charge in [-0.3, -0.25) is 9.59 Å². The molecule has 0 fully saturated rings. The number of amides is 2. The minimum Gasteiger partial charge on any atom is -0.497 e. The summed E-state index contributed by atoms with van der Waals surface area (Å²) in [5.41, 5.74) is 3.46. The number of hydrogen-bond acceptors (Lipinski definition) is 6. The molecule has 2 aromatic carbocycles. The largest absolute Gasteiger partial charge is 0.497 e. The van der Waals surface area contributed by atoms with Gasteiger partial charge in [-0.05, 0) is 48.9 Å². The summed E-state index contributed by atoms with van der Waals surface area (Å²) in [6.07, 6.45) is 1.50. The Kier molecular flexibility index (Phi) is 7.83. The van der Waals surface area contributed by atoms with Crippen LogP contribution in [0.2, 0.25) is 0 Å². The summed E-state index contributed by atoms with van der Waals surface area (Å²) in [5.74, 6) is 0.786. The van der Waals surface area contributed by atoms with E-state index in [4.69, 9.17) is 14.2 Å². The number of ether oxygens (including phenoxy) is 3. The molecule has 0 spiro atoms. The Morgan fingerprint density at radius 2 is 1.75 bits per heavy atom. The van der Waals surface area contributed by atoms with Gasteiger partial charge in [0.2, 0.25) is 0 Å². The summed E-state index contributed by atoms with van der Waals surface area (Å²) in [5, 5.41) is 6.39. The smallest absolute Gasteiger partial charge is 0.259 e. The van der Waals surface area contributed by atoms with E-state index in [1.807, 2.05) is 31.2 Å². The fraction of sp³-hybridized carbons (Fsp3) is 0.250. The molecule has 0 saturated heterocycles. The Hall–Kier alpha value is -3.55. The minimum atomic E-state index is -0.456. The van der Waals surface area contributed by atoms with Gasteiger partial charge in [0.15, 0.2) is 0 Å². The average molecular weight is 385 g/mol. The molecule has 28 heavy (non-hydrogen) atoms. The Balaban J connectivity index is 1.84. The second-order valence-corrected chi connectivity index (χ2v) is 5.54. The molecule has 0 bridgehead atoms. The zero-order valence-electron chi connectivity index (χ0n) is 16.0. The van der Waals surface area contributed by atoms with Crippen molar-refractivity contribution in [3.05, 3.63) is 53.6 Å². The van der Waals surface area contributed by atoms with Gasteiger partial charge in [0, 0.05) is 6.07 Å². The molecular formula is C20H23N3O5. The molecule has 2 N–H and O–H groups in total. The second kappa shape index (κ2) is 10.6. The molecule has 0 aliphatic heterocycles. The van der Waals surface area contributed by atoms with Gasteiger partial charge in [-0.25, -0.2) is 5.43 Å². The Morgan fingerprint density at radius 3 is 2.39 bits per heavy atom. The lowest BCUT2D eigenvalue weighted by molar-refractivity contribution is -0.120. The molecule has 8 heteroatoms. The third kappa shape index (κ3) is 6.01. The second-order valence-electron chi connectivity index (χ2n) is 5.54. The standard InChI is InChI=1S/C20H23N3O5/c1-4-28-15-7-5-14(6-8-15)12-22-23-19(24)13-21-20(25)17-10-9-16(26-2)11-18(17)27-3/h5-12H,4,13H2,1-3H3,(H,21,25)(H,23,24)/b22-12+. The maximum absolute atomic E-state index is 12.2. The van der Waals surface area contributed by atoms with Gasteiger partial charge in [0.25, 0.3) is 11.8 Å². The molecule has 0 heterocycles. The van der Waals surface area contributed by atoms with Crippen LogP contribution in [0, 0.1) is 0 Å². The molecule has 0 aliphatic carbocycles. The molecule has 0 saturated carbocycles. The van der Waals surface area contributed by atoms with Crippen LogP contribution in [0.25, 0.3) is 0 Å². The molecule has 2 rings (SSSR count). The van der Waals surface area contributed by atoms with Crippen LogP contribution in [-0.4, -0.2) is 45.4 Å². The number of hydrazone groups is 1. The monoisotopic (exact) mass is 385 g/mol. The Bertz CT molecular complexity index is 834. The maximum Gasteiger partial charge on any atom is 0.259 e. The number of carbonyl (C=O) groups is 2. The number of hydrogen-bond donors (Lipinski definition) is 2. The first-order chi connectivity index (χ1) is 13.6. The molecular weight excluding hydrogens is 362 g/mol. The highest BCUT2D eigenvalue weighted by atomic mass is 16.5. The van der Waals surface area contributed by atoms with Crippen LogP contribution in [0.4, 0.5) is 0 Å². The van der Waals surface area contributed by atoms with Crippen molar-refractivity contribution in [2.45, 2.75) is 6.92 Å². The van der Waals surface area contributed by atoms with E-state index in [1.165, 1.54) is 20.4 Å². The highest BCUT2D eigenvalue weighted by Gasteiger charge is 2.14. The Morgan fingerprint density at radius 1 is 1.04 bits per heavy atom. The van der Waals surface area contributed by atoms with E-state index in [0.29, 0.717) is 23.7 Å². The summed E-state index contributed by atoms with van der Waals surface area (Å²) in [4.78, 5) is 24.1. The first-order valence-electron chi connectivity index (χ1n) is 8.62. The van der Waals surface area contributed by atoms with Crippen molar-refractivity contribution in [3.63, 3.8) is 0 Å². The number of rotatable bonds is 9. The molecule has 2 aromatic rings. The lowest BCUT2D eigenvalue weighted by Gasteiger charge is -2.10. The van der Waals surface area contributed by atoms with Crippen LogP contribution in [0.5, 0.6) is 17.2 Å². The fourth-order valence-electron chi connectivity index (χ4n) is 2.28. The minimum absolute atomic E-state index is 0.228. The quantitative estimate of drug-likeness (QED) is 0.508. The number of benzene rings is 2. The summed E-state index contributed by atoms with van der Waals surface area (Å²) >= 11 is 0. The van der Waals surface area contributed by atoms with Crippen molar-refractivity contribution in [2.75, 3.05) is 27.4 Å². The van der Waals surface area contributed by atoms with E-state index in [-0.39, 0.29) is 6.54 Å². The van der Waals surface area contributed by atoms with Gasteiger partial charge in [-0.2, -0.15) is 5.10 Å². The van der Waals surface area contributed by atoms with Gasteiger partial charge in [0.05, 0.1) is 39.1 Å². The zero-order valence-corrected chi connectivity index (χ0v) is 16.0. The van der Waals surface area contributed by atoms with Crippen molar-refractivity contribution < 1.29 is 23.8 Å². The van der Waals surface area contributed by atoms with E-state index in [1.54, 1.807) is 18.2 Å². The Labute approximate surface area is 163 Å². The van der Waals surface area contributed by atoms with E-state index in [2.05, 4.69) is 15.8 Å². The molecule has 0 radical (unpaired) electrons. The predicted octanol–water partition coefficient (Wildman–Crippen LogP) is 1.98. The normalized spacial score (nSPS) is 10.4. The van der Waals surface area contributed by atoms with Gasteiger partial charge >= 0.3 is 0 Å². The van der Waals surface area contributed by atoms with Crippen LogP contribution in [0.1, 0.15) is 22.8 Å². The summed E-state index contributed by atoms with van der Waals surface area (Å²) < 4.78 is 15.6. The van der Waals surface area contributed by atoms with E-state index in [0.717, 1.165) is 11.3 Å². The first kappa shape index (κ1) is 20.8. The summed E-state index contributed by atoms with van der Waals surface area (Å²) in [6.45, 7) is 2.28. The topological polar surface area (TPSA) is 98.2 Å². The predicted molar refractivity (Wildman–Crippen MR) is 105 cm³/mol. The van der Waals surface area contributed by atoms with Gasteiger partial charge in [0.1, 0.15) is 17.2 Å². The first-order valence-corrected chi connectivity index (χ1v) is 8.62. The number of methoxy groups -OCH3 is 2. The molecule has 0 aliphatic rings. The average Bonchev–Trinajstić information content (AvgIpc) is 2.73. The molecule has 0 aromatic heterocycles. The molecule has 0 atom stereocenters. The molecule has 0 unspecified atom stereocenters. The lowest BCUT2D eigenvalue weighted by Crippen LogP contribution is -2.35. The van der Waals surface area contributed by atoms with Crippen LogP contribution in [0.15, 0.2) is 47.6 Å². The highest BCUT2D eigenvalue weighted by Crippen LogP contribution is 2.24. The van der Waals surface area contributed by atoms with Crippen molar-refractivity contribution in [3.8, 4) is 17.2 Å². The lowest BCUT2D eigenvalue weighted by atomic mass is 10.1. The van der Waals surface area contributed by atoms with E-state index >= 15 is 0 Å². The van der Waals surface area contributed by atoms with E-state index in [9.17, 15) is 9.59 Å². The third-order valence-electron chi connectivity index (χ3n) is 3.66. The van der Waals surface area contributed by atoms with E-state index < -0.39 is 11.8 Å². The zero-order chi connectivity index (χ0) is 20.4. The van der Waals surface area contributed by atoms with Gasteiger partial charge in [-0.1, -0.05) is 0 Å². The van der Waals surface area contributed by atoms with Crippen LogP contribution >= 0.6 is 0 Å². The van der Waals surface area contributed by atoms with Crippen LogP contribution in [-0.2, 0) is 4.79 Å². The van der Waals surface area contributed by atoms with Crippen molar-refractivity contribution in [1.82, 2.24) is 10.7 Å². The summed E-state index contributed by atoms with van der Waals surface area (Å²) in [6, 6.07) is 12.1. The fourth-order valence-corrected chi connectivity index (χ4v) is 2.28. The number of nitrogens with one attached hydrogen (secondary N) is 2. The molecule has 148 valence electrons. The third-order valence-corrected chi connectivity index (χ3v) is 3.66. The molecule has 2 amide bonds. The van der Waals surface area contributed by atoms with Crippen LogP contribution in [0.3, 0.4) is 0 Å². The highest BCUT2D eigenvalue weighted by molar-refractivity contribution is 5.99.